The zero-order chi connectivity index (χ0) is 24.6. The molecule has 0 saturated heterocycles. The Hall–Kier alpha value is -3.17. The number of carbonyl (C=O) groups excluding carboxylic acids is 2. The average molecular weight is 512 g/mol. The van der Waals surface area contributed by atoms with Crippen LogP contribution in [-0.4, -0.2) is 45.7 Å². The maximum absolute atomic E-state index is 12.4. The first-order valence-electron chi connectivity index (χ1n) is 11.4. The molecule has 1 aliphatic rings. The molecule has 10 heteroatoms. The number of hydrogen-bond acceptors (Lipinski definition) is 7. The molecule has 0 spiro atoms. The molecular formula is C25H26ClN5O3S. The number of hydrazone groups is 1. The SMILES string of the molecule is COC(=O)c1ccc(/C=N/NC(=O)CSc2nnc(-c3ccc(Cl)cc3)n2C2CCCCC2)cc1. The molecule has 0 bridgehead atoms. The molecule has 1 aromatic heterocycles. The molecule has 35 heavy (non-hydrogen) atoms. The summed E-state index contributed by atoms with van der Waals surface area (Å²) in [5.74, 6) is 0.303. The van der Waals surface area contributed by atoms with Crippen LogP contribution in [0.5, 0.6) is 0 Å². The molecule has 2 aromatic carbocycles. The van der Waals surface area contributed by atoms with E-state index in [4.69, 9.17) is 11.6 Å². The Morgan fingerprint density at radius 2 is 1.83 bits per heavy atom. The molecule has 0 atom stereocenters. The van der Waals surface area contributed by atoms with Gasteiger partial charge in [0.15, 0.2) is 11.0 Å². The number of esters is 1. The van der Waals surface area contributed by atoms with Crippen LogP contribution in [0.15, 0.2) is 58.8 Å². The number of carbonyl (C=O) groups is 2. The summed E-state index contributed by atoms with van der Waals surface area (Å²) < 4.78 is 6.85. The van der Waals surface area contributed by atoms with Gasteiger partial charge in [-0.25, -0.2) is 10.2 Å². The predicted molar refractivity (Wildman–Crippen MR) is 137 cm³/mol. The number of nitrogens with zero attached hydrogens (tertiary/aromatic N) is 4. The van der Waals surface area contributed by atoms with Crippen molar-refractivity contribution in [3.8, 4) is 11.4 Å². The van der Waals surface area contributed by atoms with Crippen molar-refractivity contribution in [3.05, 3.63) is 64.7 Å². The number of hydrogen-bond donors (Lipinski definition) is 1. The number of aromatic nitrogens is 3. The van der Waals surface area contributed by atoms with Gasteiger partial charge in [-0.15, -0.1) is 10.2 Å². The van der Waals surface area contributed by atoms with E-state index in [1.807, 2.05) is 24.3 Å². The van der Waals surface area contributed by atoms with Crippen LogP contribution in [0, 0.1) is 0 Å². The van der Waals surface area contributed by atoms with E-state index in [0.29, 0.717) is 16.6 Å². The van der Waals surface area contributed by atoms with Crippen molar-refractivity contribution in [2.45, 2.75) is 43.3 Å². The number of halogens is 1. The summed E-state index contributed by atoms with van der Waals surface area (Å²) in [6.45, 7) is 0. The fraction of sp³-hybridized carbons (Fsp3) is 0.320. The molecule has 1 saturated carbocycles. The second kappa shape index (κ2) is 12.0. The minimum absolute atomic E-state index is 0.157. The van der Waals surface area contributed by atoms with E-state index in [9.17, 15) is 9.59 Å². The van der Waals surface area contributed by atoms with Gasteiger partial charge < -0.3 is 4.74 Å². The van der Waals surface area contributed by atoms with Crippen LogP contribution >= 0.6 is 23.4 Å². The third-order valence-electron chi connectivity index (χ3n) is 5.77. The minimum Gasteiger partial charge on any atom is -0.465 e. The first-order valence-corrected chi connectivity index (χ1v) is 12.8. The Bertz CT molecular complexity index is 1190. The molecule has 182 valence electrons. The fourth-order valence-electron chi connectivity index (χ4n) is 4.00. The smallest absolute Gasteiger partial charge is 0.337 e. The summed E-state index contributed by atoms with van der Waals surface area (Å²) in [6.07, 6.45) is 7.23. The van der Waals surface area contributed by atoms with Gasteiger partial charge in [-0.05, 0) is 54.8 Å². The second-order valence-corrected chi connectivity index (χ2v) is 9.55. The summed E-state index contributed by atoms with van der Waals surface area (Å²) in [4.78, 5) is 23.9. The number of rotatable bonds is 8. The fourth-order valence-corrected chi connectivity index (χ4v) is 4.93. The number of benzene rings is 2. The summed E-state index contributed by atoms with van der Waals surface area (Å²) in [6, 6.07) is 14.6. The predicted octanol–water partition coefficient (Wildman–Crippen LogP) is 5.13. The van der Waals surface area contributed by atoms with E-state index >= 15 is 0 Å². The third-order valence-corrected chi connectivity index (χ3v) is 6.97. The molecule has 0 unspecified atom stereocenters. The van der Waals surface area contributed by atoms with Crippen molar-refractivity contribution in [2.24, 2.45) is 5.10 Å². The summed E-state index contributed by atoms with van der Waals surface area (Å²) >= 11 is 7.41. The monoisotopic (exact) mass is 511 g/mol. The molecule has 3 aromatic rings. The van der Waals surface area contributed by atoms with Crippen molar-refractivity contribution in [1.82, 2.24) is 20.2 Å². The third kappa shape index (κ3) is 6.49. The van der Waals surface area contributed by atoms with Crippen LogP contribution in [0.25, 0.3) is 11.4 Å². The van der Waals surface area contributed by atoms with Crippen LogP contribution in [-0.2, 0) is 9.53 Å². The van der Waals surface area contributed by atoms with Gasteiger partial charge in [0.25, 0.3) is 5.91 Å². The van der Waals surface area contributed by atoms with Gasteiger partial charge in [0, 0.05) is 16.6 Å². The quantitative estimate of drug-likeness (QED) is 0.195. The van der Waals surface area contributed by atoms with Crippen molar-refractivity contribution in [3.63, 3.8) is 0 Å². The molecule has 1 fully saturated rings. The van der Waals surface area contributed by atoms with Crippen LogP contribution in [0.2, 0.25) is 5.02 Å². The molecule has 4 rings (SSSR count). The molecule has 1 N–H and O–H groups in total. The number of amides is 1. The molecular weight excluding hydrogens is 486 g/mol. The maximum Gasteiger partial charge on any atom is 0.337 e. The lowest BCUT2D eigenvalue weighted by Crippen LogP contribution is -2.20. The lowest BCUT2D eigenvalue weighted by molar-refractivity contribution is -0.118. The first-order chi connectivity index (χ1) is 17.0. The van der Waals surface area contributed by atoms with Crippen LogP contribution in [0.3, 0.4) is 0 Å². The van der Waals surface area contributed by atoms with Crippen molar-refractivity contribution in [1.29, 1.82) is 0 Å². The van der Waals surface area contributed by atoms with Crippen molar-refractivity contribution in [2.75, 3.05) is 12.9 Å². The van der Waals surface area contributed by atoms with Gasteiger partial charge >= 0.3 is 5.97 Å². The van der Waals surface area contributed by atoms with E-state index in [0.717, 1.165) is 34.9 Å². The second-order valence-electron chi connectivity index (χ2n) is 8.17. The molecule has 8 nitrogen and oxygen atoms in total. The van der Waals surface area contributed by atoms with E-state index in [-0.39, 0.29) is 11.7 Å². The largest absolute Gasteiger partial charge is 0.465 e. The van der Waals surface area contributed by atoms with E-state index in [2.05, 4.69) is 30.0 Å². The van der Waals surface area contributed by atoms with Gasteiger partial charge in [-0.3, -0.25) is 9.36 Å². The van der Waals surface area contributed by atoms with Crippen LogP contribution in [0.1, 0.15) is 54.1 Å². The van der Waals surface area contributed by atoms with Gasteiger partial charge in [-0.1, -0.05) is 54.8 Å². The highest BCUT2D eigenvalue weighted by molar-refractivity contribution is 7.99. The Labute approximate surface area is 213 Å². The Morgan fingerprint density at radius 1 is 1.11 bits per heavy atom. The summed E-state index contributed by atoms with van der Waals surface area (Å²) in [7, 11) is 1.33. The van der Waals surface area contributed by atoms with Gasteiger partial charge in [0.05, 0.1) is 24.6 Å². The zero-order valence-electron chi connectivity index (χ0n) is 19.3. The van der Waals surface area contributed by atoms with E-state index < -0.39 is 5.97 Å². The molecule has 1 amide bonds. The molecule has 1 aliphatic carbocycles. The number of thioether (sulfide) groups is 1. The van der Waals surface area contributed by atoms with Gasteiger partial charge in [0.2, 0.25) is 0 Å². The maximum atomic E-state index is 12.4. The standard InChI is InChI=1S/C25H26ClN5O3S/c1-34-24(33)19-9-7-17(8-10-19)15-27-28-22(32)16-35-25-30-29-23(18-11-13-20(26)14-12-18)31(25)21-5-3-2-4-6-21/h7-15,21H,2-6,16H2,1H3,(H,28,32)/b27-15+. The Morgan fingerprint density at radius 3 is 2.51 bits per heavy atom. The minimum atomic E-state index is -0.404. The Kier molecular flexibility index (Phi) is 8.54. The van der Waals surface area contributed by atoms with Gasteiger partial charge in [-0.2, -0.15) is 5.10 Å². The highest BCUT2D eigenvalue weighted by Crippen LogP contribution is 2.35. The first kappa shape index (κ1) is 24.9. The number of ether oxygens (including phenoxy) is 1. The lowest BCUT2D eigenvalue weighted by atomic mass is 9.95. The molecule has 0 radical (unpaired) electrons. The topological polar surface area (TPSA) is 98.5 Å². The summed E-state index contributed by atoms with van der Waals surface area (Å²) in [5, 5.41) is 14.3. The number of methoxy groups -OCH3 is 1. The van der Waals surface area contributed by atoms with Crippen molar-refractivity contribution < 1.29 is 14.3 Å². The van der Waals surface area contributed by atoms with Crippen LogP contribution in [0.4, 0.5) is 0 Å². The summed E-state index contributed by atoms with van der Waals surface area (Å²) in [5.41, 5.74) is 4.68. The normalized spacial score (nSPS) is 14.2. The van der Waals surface area contributed by atoms with Crippen LogP contribution < -0.4 is 5.43 Å². The van der Waals surface area contributed by atoms with E-state index in [1.54, 1.807) is 24.3 Å². The zero-order valence-corrected chi connectivity index (χ0v) is 20.9. The lowest BCUT2D eigenvalue weighted by Gasteiger charge is -2.25. The average Bonchev–Trinajstić information content (AvgIpc) is 3.32. The molecule has 0 aliphatic heterocycles. The molecule has 1 heterocycles. The van der Waals surface area contributed by atoms with E-state index in [1.165, 1.54) is 44.3 Å². The van der Waals surface area contributed by atoms with Gasteiger partial charge in [0.1, 0.15) is 0 Å². The Balaban J connectivity index is 1.40. The highest BCUT2D eigenvalue weighted by atomic mass is 35.5. The highest BCUT2D eigenvalue weighted by Gasteiger charge is 2.24. The van der Waals surface area contributed by atoms with Crippen molar-refractivity contribution >= 4 is 41.5 Å². The number of nitrogens with one attached hydrogen (secondary N) is 1.